The Morgan fingerprint density at radius 2 is 1.85 bits per heavy atom. The summed E-state index contributed by atoms with van der Waals surface area (Å²) >= 11 is 0. The molecule has 26 heavy (non-hydrogen) atoms. The molecule has 0 aliphatic carbocycles. The third-order valence-corrected chi connectivity index (χ3v) is 5.59. The van der Waals surface area contributed by atoms with Crippen molar-refractivity contribution in [3.05, 3.63) is 12.2 Å². The van der Waals surface area contributed by atoms with Crippen molar-refractivity contribution in [3.63, 3.8) is 0 Å². The van der Waals surface area contributed by atoms with Crippen molar-refractivity contribution in [3.8, 4) is 0 Å². The Balaban J connectivity index is 4.73. The molecule has 0 saturated heterocycles. The van der Waals surface area contributed by atoms with Crippen LogP contribution in [0.4, 0.5) is 0 Å². The summed E-state index contributed by atoms with van der Waals surface area (Å²) < 4.78 is 4.64. The first-order chi connectivity index (χ1) is 12.4. The van der Waals surface area contributed by atoms with Crippen LogP contribution in [0.1, 0.15) is 91.9 Å². The number of aliphatic hydroxyl groups is 2. The summed E-state index contributed by atoms with van der Waals surface area (Å²) in [4.78, 5) is 11.4. The fourth-order valence-electron chi connectivity index (χ4n) is 3.41. The van der Waals surface area contributed by atoms with E-state index < -0.39 is 17.7 Å². The second-order valence-electron chi connectivity index (χ2n) is 7.59. The van der Waals surface area contributed by atoms with E-state index in [1.54, 1.807) is 0 Å². The van der Waals surface area contributed by atoms with Gasteiger partial charge in [-0.25, -0.2) is 0 Å². The molecule has 0 aromatic carbocycles. The number of allylic oxidation sites excluding steroid dienone is 1. The number of aliphatic hydroxyl groups excluding tert-OH is 1. The van der Waals surface area contributed by atoms with Crippen LogP contribution in [0.15, 0.2) is 12.2 Å². The van der Waals surface area contributed by atoms with Crippen molar-refractivity contribution in [1.82, 2.24) is 0 Å². The summed E-state index contributed by atoms with van der Waals surface area (Å²) in [6.07, 6.45) is 12.2. The quantitative estimate of drug-likeness (QED) is 0.241. The van der Waals surface area contributed by atoms with Crippen LogP contribution >= 0.6 is 0 Å². The van der Waals surface area contributed by atoms with Crippen LogP contribution in [0, 0.1) is 11.8 Å². The molecule has 0 fully saturated rings. The highest BCUT2D eigenvalue weighted by Gasteiger charge is 2.30. The zero-order chi connectivity index (χ0) is 20.0. The highest BCUT2D eigenvalue weighted by Crippen LogP contribution is 2.29. The van der Waals surface area contributed by atoms with E-state index in [1.807, 2.05) is 19.9 Å². The lowest BCUT2D eigenvalue weighted by Gasteiger charge is -2.30. The van der Waals surface area contributed by atoms with E-state index in [-0.39, 0.29) is 12.3 Å². The minimum Gasteiger partial charge on any atom is -0.469 e. The summed E-state index contributed by atoms with van der Waals surface area (Å²) in [5.41, 5.74) is -0.931. The maximum Gasteiger partial charge on any atom is 0.308 e. The van der Waals surface area contributed by atoms with Gasteiger partial charge < -0.3 is 14.9 Å². The molecule has 0 spiro atoms. The van der Waals surface area contributed by atoms with Gasteiger partial charge in [-0.2, -0.15) is 0 Å². The molecule has 0 aromatic heterocycles. The number of methoxy groups -OCH3 is 1. The first-order valence-electron chi connectivity index (χ1n) is 10.5. The molecule has 4 heteroatoms. The van der Waals surface area contributed by atoms with Gasteiger partial charge in [-0.1, -0.05) is 78.4 Å². The lowest BCUT2D eigenvalue weighted by Crippen LogP contribution is -2.34. The van der Waals surface area contributed by atoms with Crippen molar-refractivity contribution in [2.75, 3.05) is 7.11 Å². The van der Waals surface area contributed by atoms with Gasteiger partial charge >= 0.3 is 5.97 Å². The SMILES string of the molecule is CCCCCC(CC)C/C=C/C(O)(CC)C[C@@H](CC)[C@H](O)CC(=O)OC. The molecule has 0 amide bonds. The minimum atomic E-state index is -0.931. The number of hydrogen-bond donors (Lipinski definition) is 2. The molecule has 0 aliphatic heterocycles. The van der Waals surface area contributed by atoms with Crippen molar-refractivity contribution in [2.24, 2.45) is 11.8 Å². The van der Waals surface area contributed by atoms with Gasteiger partial charge in [0.1, 0.15) is 0 Å². The van der Waals surface area contributed by atoms with E-state index in [2.05, 4.69) is 24.7 Å². The maximum atomic E-state index is 11.4. The summed E-state index contributed by atoms with van der Waals surface area (Å²) in [7, 11) is 1.33. The second-order valence-corrected chi connectivity index (χ2v) is 7.59. The minimum absolute atomic E-state index is 0.0200. The first-order valence-corrected chi connectivity index (χ1v) is 10.5. The number of ether oxygens (including phenoxy) is 1. The summed E-state index contributed by atoms with van der Waals surface area (Å²) in [5.74, 6) is 0.130. The van der Waals surface area contributed by atoms with Gasteiger partial charge in [0.05, 0.1) is 25.2 Å². The molecule has 0 radical (unpaired) electrons. The number of unbranched alkanes of at least 4 members (excludes halogenated alkanes) is 2. The molecular weight excluding hydrogens is 328 g/mol. The van der Waals surface area contributed by atoms with E-state index >= 15 is 0 Å². The molecule has 0 saturated carbocycles. The highest BCUT2D eigenvalue weighted by atomic mass is 16.5. The number of rotatable bonds is 15. The average Bonchev–Trinajstić information content (AvgIpc) is 2.64. The Morgan fingerprint density at radius 1 is 1.15 bits per heavy atom. The molecule has 2 N–H and O–H groups in total. The zero-order valence-electron chi connectivity index (χ0n) is 17.7. The normalized spacial score (nSPS) is 17.7. The van der Waals surface area contributed by atoms with Gasteiger partial charge in [-0.15, -0.1) is 0 Å². The van der Waals surface area contributed by atoms with Crippen LogP contribution in [0.25, 0.3) is 0 Å². The second kappa shape index (κ2) is 14.2. The lowest BCUT2D eigenvalue weighted by atomic mass is 9.82. The molecule has 0 bridgehead atoms. The standard InChI is InChI=1S/C22H42O4/c1-6-10-11-13-18(7-2)14-12-15-22(25,9-4)17-19(8-3)20(23)16-21(24)26-5/h12,15,18-20,23,25H,6-11,13-14,16-17H2,1-5H3/b15-12+/t18?,19-,20-,22?/m1/s1. The van der Waals surface area contributed by atoms with E-state index in [0.29, 0.717) is 25.2 Å². The Hall–Kier alpha value is -0.870. The number of carbonyl (C=O) groups is 1. The Kier molecular flexibility index (Phi) is 13.7. The van der Waals surface area contributed by atoms with Gasteiger partial charge in [0.2, 0.25) is 0 Å². The maximum absolute atomic E-state index is 11.4. The Morgan fingerprint density at radius 3 is 2.35 bits per heavy atom. The Bertz CT molecular complexity index is 394. The molecule has 0 heterocycles. The molecule has 0 rings (SSSR count). The van der Waals surface area contributed by atoms with Crippen LogP contribution in [0.3, 0.4) is 0 Å². The summed E-state index contributed by atoms with van der Waals surface area (Å²) in [5, 5.41) is 21.3. The topological polar surface area (TPSA) is 66.8 Å². The Labute approximate surface area is 161 Å². The largest absolute Gasteiger partial charge is 0.469 e. The predicted octanol–water partition coefficient (Wildman–Crippen LogP) is 5.02. The van der Waals surface area contributed by atoms with Gasteiger partial charge in [0, 0.05) is 0 Å². The van der Waals surface area contributed by atoms with Gasteiger partial charge in [0.15, 0.2) is 0 Å². The molecule has 154 valence electrons. The first kappa shape index (κ1) is 25.1. The van der Waals surface area contributed by atoms with Crippen LogP contribution in [0.5, 0.6) is 0 Å². The van der Waals surface area contributed by atoms with Crippen LogP contribution < -0.4 is 0 Å². The molecule has 2 unspecified atom stereocenters. The smallest absolute Gasteiger partial charge is 0.308 e. The molecule has 0 aliphatic rings. The summed E-state index contributed by atoms with van der Waals surface area (Å²) in [6, 6.07) is 0. The predicted molar refractivity (Wildman–Crippen MR) is 108 cm³/mol. The van der Waals surface area contributed by atoms with Crippen LogP contribution in [-0.4, -0.2) is 35.0 Å². The third kappa shape index (κ3) is 10.3. The monoisotopic (exact) mass is 370 g/mol. The van der Waals surface area contributed by atoms with Gasteiger partial charge in [-0.3, -0.25) is 4.79 Å². The van der Waals surface area contributed by atoms with Gasteiger partial charge in [0.25, 0.3) is 0 Å². The molecule has 4 nitrogen and oxygen atoms in total. The number of hydrogen-bond acceptors (Lipinski definition) is 4. The van der Waals surface area contributed by atoms with E-state index in [0.717, 1.165) is 12.8 Å². The van der Waals surface area contributed by atoms with Crippen molar-refractivity contribution in [1.29, 1.82) is 0 Å². The molecule has 0 aromatic rings. The molecule has 4 atom stereocenters. The number of carbonyl (C=O) groups excluding carboxylic acids is 1. The van der Waals surface area contributed by atoms with Crippen molar-refractivity contribution >= 4 is 5.97 Å². The van der Waals surface area contributed by atoms with Crippen molar-refractivity contribution in [2.45, 2.75) is 104 Å². The van der Waals surface area contributed by atoms with E-state index in [1.165, 1.54) is 32.8 Å². The van der Waals surface area contributed by atoms with Crippen LogP contribution in [0.2, 0.25) is 0 Å². The average molecular weight is 371 g/mol. The van der Waals surface area contributed by atoms with Crippen molar-refractivity contribution < 1.29 is 19.7 Å². The van der Waals surface area contributed by atoms with Crippen LogP contribution in [-0.2, 0) is 9.53 Å². The fourth-order valence-corrected chi connectivity index (χ4v) is 3.41. The lowest BCUT2D eigenvalue weighted by molar-refractivity contribution is -0.144. The zero-order valence-corrected chi connectivity index (χ0v) is 17.7. The summed E-state index contributed by atoms with van der Waals surface area (Å²) in [6.45, 7) is 8.39. The molecular formula is C22H42O4. The van der Waals surface area contributed by atoms with Gasteiger partial charge in [-0.05, 0) is 31.1 Å². The fraction of sp³-hybridized carbons (Fsp3) is 0.864. The van der Waals surface area contributed by atoms with E-state index in [4.69, 9.17) is 0 Å². The van der Waals surface area contributed by atoms with E-state index in [9.17, 15) is 15.0 Å². The number of esters is 1. The third-order valence-electron chi connectivity index (χ3n) is 5.59. The highest BCUT2D eigenvalue weighted by molar-refractivity contribution is 5.69.